The third kappa shape index (κ3) is 5.06. The van der Waals surface area contributed by atoms with E-state index in [-0.39, 0.29) is 17.2 Å². The second-order valence-electron chi connectivity index (χ2n) is 12.3. The Hall–Kier alpha value is -4.19. The molecule has 3 aromatic rings. The molecular formula is C34H36N4O2. The average molecular weight is 533 g/mol. The molecule has 3 heterocycles. The van der Waals surface area contributed by atoms with Crippen LogP contribution in [0.1, 0.15) is 60.7 Å². The van der Waals surface area contributed by atoms with E-state index in [0.29, 0.717) is 42.4 Å². The topological polar surface area (TPSA) is 79.0 Å². The number of amides is 2. The van der Waals surface area contributed by atoms with Crippen molar-refractivity contribution in [3.05, 3.63) is 94.6 Å². The van der Waals surface area contributed by atoms with Gasteiger partial charge in [-0.3, -0.25) is 9.59 Å². The van der Waals surface area contributed by atoms with Crippen LogP contribution in [-0.4, -0.2) is 40.5 Å². The number of nitrogens with zero attached hydrogens (tertiary/aromatic N) is 3. The van der Waals surface area contributed by atoms with E-state index < -0.39 is 0 Å². The molecule has 6 heteroatoms. The van der Waals surface area contributed by atoms with Crippen molar-refractivity contribution in [3.8, 4) is 11.1 Å². The maximum atomic E-state index is 13.5. The first kappa shape index (κ1) is 26.1. The highest BCUT2D eigenvalue weighted by Gasteiger charge is 2.34. The molecule has 1 saturated heterocycles. The first-order chi connectivity index (χ1) is 19.2. The van der Waals surface area contributed by atoms with Crippen molar-refractivity contribution in [2.75, 3.05) is 13.1 Å². The van der Waals surface area contributed by atoms with E-state index in [4.69, 9.17) is 5.73 Å². The molecule has 2 amide bonds. The summed E-state index contributed by atoms with van der Waals surface area (Å²) in [5, 5.41) is 0. The molecule has 0 spiro atoms. The highest BCUT2D eigenvalue weighted by Crippen LogP contribution is 2.36. The number of carbonyl (C=O) groups excluding carboxylic acids is 2. The summed E-state index contributed by atoms with van der Waals surface area (Å²) in [5.74, 6) is 1.01. The van der Waals surface area contributed by atoms with Gasteiger partial charge in [0.25, 0.3) is 11.8 Å². The predicted octanol–water partition coefficient (Wildman–Crippen LogP) is 6.18. The second kappa shape index (κ2) is 10.1. The Kier molecular flexibility index (Phi) is 6.57. The maximum absolute atomic E-state index is 13.5. The molecule has 3 aliphatic rings. The first-order valence-electron chi connectivity index (χ1n) is 14.1. The minimum atomic E-state index is -0.00639. The molecule has 0 saturated carbocycles. The van der Waals surface area contributed by atoms with Gasteiger partial charge in [-0.1, -0.05) is 69.3 Å². The van der Waals surface area contributed by atoms with Gasteiger partial charge >= 0.3 is 0 Å². The van der Waals surface area contributed by atoms with Crippen molar-refractivity contribution >= 4 is 29.4 Å². The maximum Gasteiger partial charge on any atom is 0.253 e. The molecule has 0 aliphatic carbocycles. The molecule has 6 rings (SSSR count). The molecule has 1 unspecified atom stereocenters. The standard InChI is InChI=1S/C34H36N4O2/c1-34(2,3)29-13-14-37(21-29)32(39)25-10-6-9-22(15-25)23-11-12-24-16-28(18-31(35)36-30(24)17-23)33(40)38-19-26-7-4-5-8-27(26)20-38/h4-12,15-17,29H,13-14,18-21H2,1-3H3,(H2,35,36). The molecule has 1 fully saturated rings. The molecule has 0 aromatic heterocycles. The van der Waals surface area contributed by atoms with Gasteiger partial charge in [-0.05, 0) is 64.3 Å². The molecule has 3 aromatic carbocycles. The van der Waals surface area contributed by atoms with Crippen molar-refractivity contribution in [3.63, 3.8) is 0 Å². The quantitative estimate of drug-likeness (QED) is 0.438. The Morgan fingerprint density at radius 1 is 0.875 bits per heavy atom. The van der Waals surface area contributed by atoms with Crippen molar-refractivity contribution in [2.45, 2.75) is 46.7 Å². The number of benzene rings is 3. The van der Waals surface area contributed by atoms with Gasteiger partial charge in [0, 0.05) is 49.3 Å². The van der Waals surface area contributed by atoms with E-state index in [1.807, 2.05) is 70.5 Å². The summed E-state index contributed by atoms with van der Waals surface area (Å²) in [5.41, 5.74) is 13.7. The Morgan fingerprint density at radius 2 is 1.60 bits per heavy atom. The van der Waals surface area contributed by atoms with Gasteiger partial charge in [0.1, 0.15) is 5.84 Å². The summed E-state index contributed by atoms with van der Waals surface area (Å²) in [7, 11) is 0. The number of fused-ring (bicyclic) bond motifs is 2. The van der Waals surface area contributed by atoms with Crippen LogP contribution >= 0.6 is 0 Å². The van der Waals surface area contributed by atoms with Crippen LogP contribution in [0.15, 0.2) is 77.3 Å². The zero-order valence-electron chi connectivity index (χ0n) is 23.5. The lowest BCUT2D eigenvalue weighted by molar-refractivity contribution is -0.127. The smallest absolute Gasteiger partial charge is 0.253 e. The summed E-state index contributed by atoms with van der Waals surface area (Å²) in [4.78, 5) is 35.3. The Bertz CT molecular complexity index is 1540. The van der Waals surface area contributed by atoms with E-state index >= 15 is 0 Å². The summed E-state index contributed by atoms with van der Waals surface area (Å²) in [6, 6.07) is 22.0. The third-order valence-electron chi connectivity index (χ3n) is 8.54. The fourth-order valence-corrected chi connectivity index (χ4v) is 6.05. The van der Waals surface area contributed by atoms with Crippen LogP contribution in [0.25, 0.3) is 17.2 Å². The predicted molar refractivity (Wildman–Crippen MR) is 160 cm³/mol. The second-order valence-corrected chi connectivity index (χ2v) is 12.3. The van der Waals surface area contributed by atoms with Crippen molar-refractivity contribution in [1.29, 1.82) is 0 Å². The largest absolute Gasteiger partial charge is 0.387 e. The molecule has 3 aliphatic heterocycles. The SMILES string of the molecule is CC(C)(C)C1CCN(C(=O)c2cccc(-c3ccc4c(c3)N=C(N)CC(C(=O)N3Cc5ccccc5C3)=C4)c2)C1. The zero-order valence-corrected chi connectivity index (χ0v) is 23.5. The number of hydrogen-bond acceptors (Lipinski definition) is 4. The van der Waals surface area contributed by atoms with Gasteiger partial charge in [-0.25, -0.2) is 4.99 Å². The Balaban J connectivity index is 1.23. The van der Waals surface area contributed by atoms with Crippen molar-refractivity contribution in [2.24, 2.45) is 22.1 Å². The number of hydrogen-bond donors (Lipinski definition) is 1. The van der Waals surface area contributed by atoms with Crippen LogP contribution in [0.3, 0.4) is 0 Å². The highest BCUT2D eigenvalue weighted by atomic mass is 16.2. The average Bonchev–Trinajstić information content (AvgIpc) is 3.57. The van der Waals surface area contributed by atoms with E-state index in [0.717, 1.165) is 41.9 Å². The number of rotatable bonds is 3. The lowest BCUT2D eigenvalue weighted by Gasteiger charge is -2.27. The summed E-state index contributed by atoms with van der Waals surface area (Å²) >= 11 is 0. The lowest BCUT2D eigenvalue weighted by atomic mass is 9.80. The van der Waals surface area contributed by atoms with Crippen LogP contribution in [-0.2, 0) is 17.9 Å². The molecule has 0 radical (unpaired) electrons. The van der Waals surface area contributed by atoms with Gasteiger partial charge in [0.2, 0.25) is 0 Å². The minimum Gasteiger partial charge on any atom is -0.387 e. The number of nitrogens with two attached hydrogens (primary N) is 1. The van der Waals surface area contributed by atoms with Gasteiger partial charge < -0.3 is 15.5 Å². The fourth-order valence-electron chi connectivity index (χ4n) is 6.05. The lowest BCUT2D eigenvalue weighted by Crippen LogP contribution is -2.31. The Labute approximate surface area is 236 Å². The number of amidine groups is 1. The van der Waals surface area contributed by atoms with Gasteiger partial charge in [0.15, 0.2) is 0 Å². The van der Waals surface area contributed by atoms with Gasteiger partial charge in [0.05, 0.1) is 5.69 Å². The van der Waals surface area contributed by atoms with Crippen molar-refractivity contribution in [1.82, 2.24) is 9.80 Å². The van der Waals surface area contributed by atoms with Crippen LogP contribution in [0.5, 0.6) is 0 Å². The highest BCUT2D eigenvalue weighted by molar-refractivity contribution is 6.06. The number of aliphatic imine (C=N–C) groups is 1. The van der Waals surface area contributed by atoms with E-state index in [1.165, 1.54) is 11.1 Å². The first-order valence-corrected chi connectivity index (χ1v) is 14.1. The van der Waals surface area contributed by atoms with E-state index in [1.54, 1.807) is 0 Å². The van der Waals surface area contributed by atoms with Crippen LogP contribution in [0.4, 0.5) is 5.69 Å². The molecule has 204 valence electrons. The van der Waals surface area contributed by atoms with Crippen molar-refractivity contribution < 1.29 is 9.59 Å². The number of likely N-dealkylation sites (tertiary alicyclic amines) is 1. The Morgan fingerprint density at radius 3 is 2.30 bits per heavy atom. The van der Waals surface area contributed by atoms with Gasteiger partial charge in [-0.2, -0.15) is 0 Å². The van der Waals surface area contributed by atoms with Crippen LogP contribution in [0, 0.1) is 11.3 Å². The zero-order chi connectivity index (χ0) is 28.0. The summed E-state index contributed by atoms with van der Waals surface area (Å²) in [6.07, 6.45) is 3.28. The summed E-state index contributed by atoms with van der Waals surface area (Å²) in [6.45, 7) is 9.57. The van der Waals surface area contributed by atoms with Crippen LogP contribution in [0.2, 0.25) is 0 Å². The molecule has 6 nitrogen and oxygen atoms in total. The minimum absolute atomic E-state index is 0.00639. The van der Waals surface area contributed by atoms with E-state index in [2.05, 4.69) is 37.9 Å². The van der Waals surface area contributed by atoms with Crippen LogP contribution < -0.4 is 5.73 Å². The van der Waals surface area contributed by atoms with Gasteiger partial charge in [-0.15, -0.1) is 0 Å². The molecule has 2 N–H and O–H groups in total. The molecule has 40 heavy (non-hydrogen) atoms. The monoisotopic (exact) mass is 532 g/mol. The molecular weight excluding hydrogens is 496 g/mol. The molecule has 1 atom stereocenters. The third-order valence-corrected chi connectivity index (χ3v) is 8.54. The fraction of sp³-hybridized carbons (Fsp3) is 0.324. The summed E-state index contributed by atoms with van der Waals surface area (Å²) < 4.78 is 0. The molecule has 0 bridgehead atoms. The normalized spacial score (nSPS) is 18.5. The van der Waals surface area contributed by atoms with E-state index in [9.17, 15) is 9.59 Å². The number of carbonyl (C=O) groups is 2.